The lowest BCUT2D eigenvalue weighted by Crippen LogP contribution is -2.31. The fraction of sp³-hybridized carbons (Fsp3) is 0.500. The lowest BCUT2D eigenvalue weighted by atomic mass is 10.0. The number of carbonyl (C=O) groups excluding carboxylic acids is 1. The molecule has 0 fully saturated rings. The number of nitrogens with two attached hydrogens (primary N) is 1. The van der Waals surface area contributed by atoms with Crippen LogP contribution in [0.2, 0.25) is 0 Å². The molecule has 1 amide bonds. The fourth-order valence-corrected chi connectivity index (χ4v) is 1.76. The number of aryl methyl sites for hydroxylation is 2. The van der Waals surface area contributed by atoms with Crippen LogP contribution in [0.5, 0.6) is 0 Å². The van der Waals surface area contributed by atoms with Crippen molar-refractivity contribution in [3.05, 3.63) is 34.9 Å². The molecule has 3 nitrogen and oxygen atoms in total. The van der Waals surface area contributed by atoms with Crippen molar-refractivity contribution in [1.82, 2.24) is 4.90 Å². The molecule has 0 saturated carbocycles. The third kappa shape index (κ3) is 3.86. The molecular formula is C14H22N2O. The van der Waals surface area contributed by atoms with Crippen molar-refractivity contribution in [2.45, 2.75) is 33.2 Å². The number of benzene rings is 1. The van der Waals surface area contributed by atoms with Gasteiger partial charge in [-0.25, -0.2) is 0 Å². The van der Waals surface area contributed by atoms with Crippen LogP contribution in [0, 0.1) is 13.8 Å². The van der Waals surface area contributed by atoms with Crippen molar-refractivity contribution in [3.8, 4) is 0 Å². The Balaban J connectivity index is 2.75. The van der Waals surface area contributed by atoms with Gasteiger partial charge in [-0.05, 0) is 38.8 Å². The summed E-state index contributed by atoms with van der Waals surface area (Å²) in [6.07, 6.45) is 0.827. The van der Waals surface area contributed by atoms with Gasteiger partial charge in [-0.2, -0.15) is 0 Å². The number of hydrogen-bond donors (Lipinski definition) is 1. The second-order valence-corrected chi connectivity index (χ2v) is 4.81. The Morgan fingerprint density at radius 1 is 1.41 bits per heavy atom. The van der Waals surface area contributed by atoms with E-state index in [2.05, 4.69) is 0 Å². The maximum atomic E-state index is 12.2. The van der Waals surface area contributed by atoms with E-state index in [9.17, 15) is 4.79 Å². The highest BCUT2D eigenvalue weighted by Gasteiger charge is 2.13. The highest BCUT2D eigenvalue weighted by Crippen LogP contribution is 2.12. The third-order valence-corrected chi connectivity index (χ3v) is 2.88. The minimum atomic E-state index is 0.0724. The van der Waals surface area contributed by atoms with E-state index in [1.54, 1.807) is 4.90 Å². The van der Waals surface area contributed by atoms with Gasteiger partial charge in [-0.15, -0.1) is 0 Å². The van der Waals surface area contributed by atoms with E-state index in [1.165, 1.54) is 5.56 Å². The van der Waals surface area contributed by atoms with Crippen LogP contribution in [-0.4, -0.2) is 30.4 Å². The van der Waals surface area contributed by atoms with Gasteiger partial charge in [0.2, 0.25) is 0 Å². The molecular weight excluding hydrogens is 212 g/mol. The zero-order chi connectivity index (χ0) is 13.0. The first-order valence-corrected chi connectivity index (χ1v) is 6.00. The van der Waals surface area contributed by atoms with Crippen molar-refractivity contribution in [3.63, 3.8) is 0 Å². The lowest BCUT2D eigenvalue weighted by Gasteiger charge is -2.19. The quantitative estimate of drug-likeness (QED) is 0.867. The van der Waals surface area contributed by atoms with Crippen molar-refractivity contribution in [1.29, 1.82) is 0 Å². The Morgan fingerprint density at radius 3 is 2.59 bits per heavy atom. The summed E-state index contributed by atoms with van der Waals surface area (Å²) in [5.74, 6) is 0.0724. The first-order chi connectivity index (χ1) is 7.91. The molecule has 0 aliphatic heterocycles. The number of hydrogen-bond acceptors (Lipinski definition) is 2. The molecule has 2 N–H and O–H groups in total. The molecule has 1 aromatic rings. The number of nitrogens with zero attached hydrogens (tertiary/aromatic N) is 1. The summed E-state index contributed by atoms with van der Waals surface area (Å²) in [6, 6.07) is 6.03. The maximum Gasteiger partial charge on any atom is 0.253 e. The Morgan fingerprint density at radius 2 is 2.06 bits per heavy atom. The molecule has 0 aromatic heterocycles. The summed E-state index contributed by atoms with van der Waals surface area (Å²) in [6.45, 7) is 6.65. The van der Waals surface area contributed by atoms with Gasteiger partial charge < -0.3 is 10.6 Å². The molecule has 0 bridgehead atoms. The first kappa shape index (κ1) is 13.7. The molecule has 0 radical (unpaired) electrons. The van der Waals surface area contributed by atoms with Crippen molar-refractivity contribution in [2.24, 2.45) is 5.73 Å². The Labute approximate surface area is 104 Å². The monoisotopic (exact) mass is 234 g/mol. The Hall–Kier alpha value is -1.35. The van der Waals surface area contributed by atoms with E-state index >= 15 is 0 Å². The van der Waals surface area contributed by atoms with Gasteiger partial charge in [-0.1, -0.05) is 17.7 Å². The molecule has 0 aliphatic carbocycles. The SMILES string of the molecule is Cc1ccc(C(=O)N(C)CCC(C)N)c(C)c1. The zero-order valence-electron chi connectivity index (χ0n) is 11.2. The van der Waals surface area contributed by atoms with E-state index in [-0.39, 0.29) is 11.9 Å². The second kappa shape index (κ2) is 5.82. The summed E-state index contributed by atoms with van der Waals surface area (Å²) in [4.78, 5) is 13.9. The standard InChI is InChI=1S/C14H22N2O/c1-10-5-6-13(11(2)9-10)14(17)16(4)8-7-12(3)15/h5-6,9,12H,7-8,15H2,1-4H3. The molecule has 0 spiro atoms. The smallest absolute Gasteiger partial charge is 0.253 e. The number of amides is 1. The predicted molar refractivity (Wildman–Crippen MR) is 71.1 cm³/mol. The van der Waals surface area contributed by atoms with Crippen LogP contribution in [-0.2, 0) is 0 Å². The minimum Gasteiger partial charge on any atom is -0.342 e. The lowest BCUT2D eigenvalue weighted by molar-refractivity contribution is 0.0791. The van der Waals surface area contributed by atoms with E-state index in [4.69, 9.17) is 5.73 Å². The van der Waals surface area contributed by atoms with Gasteiger partial charge in [0.05, 0.1) is 0 Å². The minimum absolute atomic E-state index is 0.0724. The van der Waals surface area contributed by atoms with Crippen LogP contribution in [0.1, 0.15) is 34.8 Å². The normalized spacial score (nSPS) is 12.3. The molecule has 0 aliphatic rings. The van der Waals surface area contributed by atoms with Crippen LogP contribution in [0.25, 0.3) is 0 Å². The summed E-state index contributed by atoms with van der Waals surface area (Å²) < 4.78 is 0. The van der Waals surface area contributed by atoms with Crippen LogP contribution < -0.4 is 5.73 Å². The Bertz CT molecular complexity index is 399. The summed E-state index contributed by atoms with van der Waals surface area (Å²) >= 11 is 0. The van der Waals surface area contributed by atoms with Gasteiger partial charge in [0.15, 0.2) is 0 Å². The fourth-order valence-electron chi connectivity index (χ4n) is 1.76. The molecule has 1 aromatic carbocycles. The van der Waals surface area contributed by atoms with Gasteiger partial charge in [0, 0.05) is 25.2 Å². The van der Waals surface area contributed by atoms with E-state index in [1.807, 2.05) is 46.0 Å². The van der Waals surface area contributed by atoms with Crippen molar-refractivity contribution in [2.75, 3.05) is 13.6 Å². The average Bonchev–Trinajstić information content (AvgIpc) is 2.25. The molecule has 3 heteroatoms. The Kier molecular flexibility index (Phi) is 4.70. The second-order valence-electron chi connectivity index (χ2n) is 4.81. The van der Waals surface area contributed by atoms with Gasteiger partial charge in [0.1, 0.15) is 0 Å². The van der Waals surface area contributed by atoms with Crippen LogP contribution >= 0.6 is 0 Å². The number of rotatable bonds is 4. The molecule has 94 valence electrons. The van der Waals surface area contributed by atoms with Crippen LogP contribution in [0.15, 0.2) is 18.2 Å². The molecule has 1 rings (SSSR count). The van der Waals surface area contributed by atoms with Gasteiger partial charge in [-0.3, -0.25) is 4.79 Å². The highest BCUT2D eigenvalue weighted by atomic mass is 16.2. The summed E-state index contributed by atoms with van der Waals surface area (Å²) in [5.41, 5.74) is 8.68. The van der Waals surface area contributed by atoms with Crippen molar-refractivity contribution >= 4 is 5.91 Å². The van der Waals surface area contributed by atoms with Crippen molar-refractivity contribution < 1.29 is 4.79 Å². The summed E-state index contributed by atoms with van der Waals surface area (Å²) in [7, 11) is 1.82. The van der Waals surface area contributed by atoms with E-state index in [0.717, 1.165) is 17.5 Å². The molecule has 1 unspecified atom stereocenters. The predicted octanol–water partition coefficient (Wildman–Crippen LogP) is 2.11. The first-order valence-electron chi connectivity index (χ1n) is 6.00. The average molecular weight is 234 g/mol. The molecule has 1 atom stereocenters. The van der Waals surface area contributed by atoms with E-state index in [0.29, 0.717) is 6.54 Å². The van der Waals surface area contributed by atoms with Gasteiger partial charge >= 0.3 is 0 Å². The van der Waals surface area contributed by atoms with E-state index < -0.39 is 0 Å². The number of carbonyl (C=O) groups is 1. The van der Waals surface area contributed by atoms with Crippen LogP contribution in [0.3, 0.4) is 0 Å². The zero-order valence-corrected chi connectivity index (χ0v) is 11.2. The molecule has 17 heavy (non-hydrogen) atoms. The topological polar surface area (TPSA) is 46.3 Å². The highest BCUT2D eigenvalue weighted by molar-refractivity contribution is 5.95. The summed E-state index contributed by atoms with van der Waals surface area (Å²) in [5, 5.41) is 0. The van der Waals surface area contributed by atoms with Gasteiger partial charge in [0.25, 0.3) is 5.91 Å². The van der Waals surface area contributed by atoms with Crippen LogP contribution in [0.4, 0.5) is 0 Å². The molecule has 0 saturated heterocycles. The largest absolute Gasteiger partial charge is 0.342 e. The maximum absolute atomic E-state index is 12.2. The third-order valence-electron chi connectivity index (χ3n) is 2.88. The molecule has 0 heterocycles.